The summed E-state index contributed by atoms with van der Waals surface area (Å²) in [4.78, 5) is 12.3. The van der Waals surface area contributed by atoms with E-state index in [9.17, 15) is 9.18 Å². The van der Waals surface area contributed by atoms with Gasteiger partial charge in [-0.15, -0.1) is 20.4 Å². The van der Waals surface area contributed by atoms with E-state index in [1.165, 1.54) is 23.1 Å². The van der Waals surface area contributed by atoms with Crippen LogP contribution in [0.2, 0.25) is 0 Å². The summed E-state index contributed by atoms with van der Waals surface area (Å²) < 4.78 is 19.4. The highest BCUT2D eigenvalue weighted by Gasteiger charge is 2.14. The van der Waals surface area contributed by atoms with Gasteiger partial charge < -0.3 is 9.30 Å². The minimum absolute atomic E-state index is 0.0284. The molecule has 29 heavy (non-hydrogen) atoms. The van der Waals surface area contributed by atoms with E-state index < -0.39 is 6.67 Å². The molecule has 1 N–H and O–H groups in total. The Labute approximate surface area is 175 Å². The van der Waals surface area contributed by atoms with Crippen LogP contribution in [0, 0.1) is 0 Å². The molecule has 0 atom stereocenters. The van der Waals surface area contributed by atoms with Crippen molar-refractivity contribution < 1.29 is 13.9 Å². The highest BCUT2D eigenvalue weighted by atomic mass is 32.2. The largest absolute Gasteiger partial charge is 0.491 e. The number of benzene rings is 1. The maximum Gasteiger partial charge on any atom is 0.236 e. The molecular formula is C18H21FN6O2S2. The minimum atomic E-state index is -0.532. The van der Waals surface area contributed by atoms with E-state index in [0.29, 0.717) is 15.9 Å². The molecule has 0 spiro atoms. The van der Waals surface area contributed by atoms with Crippen LogP contribution in [0.25, 0.3) is 10.6 Å². The molecule has 2 heterocycles. The molecule has 0 aliphatic rings. The lowest BCUT2D eigenvalue weighted by Gasteiger charge is -2.05. The van der Waals surface area contributed by atoms with Crippen LogP contribution < -0.4 is 10.1 Å². The number of amides is 1. The summed E-state index contributed by atoms with van der Waals surface area (Å²) in [5, 5.41) is 21.0. The minimum Gasteiger partial charge on any atom is -0.491 e. The number of alkyl halides is 1. The van der Waals surface area contributed by atoms with Gasteiger partial charge in [-0.3, -0.25) is 10.1 Å². The van der Waals surface area contributed by atoms with Crippen LogP contribution in [0.5, 0.6) is 5.75 Å². The van der Waals surface area contributed by atoms with E-state index in [0.717, 1.165) is 29.5 Å². The molecule has 11 heteroatoms. The van der Waals surface area contributed by atoms with Crippen molar-refractivity contribution in [3.63, 3.8) is 0 Å². The standard InChI is InChI=1S/C18H21FN6O2S2/c1-3-14-21-24-18(25(14)4-2)28-11-15(26)20-17-23-22-16(29-17)12-5-7-13(8-6-12)27-10-9-19/h5-8H,3-4,9-11H2,1-2H3,(H,20,23,26). The summed E-state index contributed by atoms with van der Waals surface area (Å²) >= 11 is 2.62. The number of aromatic nitrogens is 5. The molecule has 0 bridgehead atoms. The SMILES string of the molecule is CCc1nnc(SCC(=O)Nc2nnc(-c3ccc(OCCF)cc3)s2)n1CC. The fraction of sp³-hybridized carbons (Fsp3) is 0.389. The maximum absolute atomic E-state index is 12.3. The summed E-state index contributed by atoms with van der Waals surface area (Å²) in [6, 6.07) is 7.13. The average Bonchev–Trinajstić information content (AvgIpc) is 3.37. The Balaban J connectivity index is 1.55. The lowest BCUT2D eigenvalue weighted by Crippen LogP contribution is -2.14. The van der Waals surface area contributed by atoms with E-state index in [4.69, 9.17) is 4.74 Å². The second-order valence-corrected chi connectivity index (χ2v) is 7.73. The van der Waals surface area contributed by atoms with Crippen molar-refractivity contribution in [3.05, 3.63) is 30.1 Å². The van der Waals surface area contributed by atoms with E-state index in [2.05, 4.69) is 25.7 Å². The predicted octanol–water partition coefficient (Wildman–Crippen LogP) is 3.46. The van der Waals surface area contributed by atoms with Gasteiger partial charge in [0.15, 0.2) is 5.16 Å². The van der Waals surface area contributed by atoms with Crippen LogP contribution in [0.3, 0.4) is 0 Å². The molecule has 8 nitrogen and oxygen atoms in total. The summed E-state index contributed by atoms with van der Waals surface area (Å²) in [5.41, 5.74) is 0.841. The Kier molecular flexibility index (Phi) is 7.53. The van der Waals surface area contributed by atoms with Crippen molar-refractivity contribution in [2.24, 2.45) is 0 Å². The van der Waals surface area contributed by atoms with Crippen LogP contribution in [0.4, 0.5) is 9.52 Å². The number of nitrogens with zero attached hydrogens (tertiary/aromatic N) is 5. The van der Waals surface area contributed by atoms with Gasteiger partial charge in [0.25, 0.3) is 0 Å². The highest BCUT2D eigenvalue weighted by molar-refractivity contribution is 7.99. The Morgan fingerprint density at radius 2 is 2.00 bits per heavy atom. The Hall–Kier alpha value is -2.53. The summed E-state index contributed by atoms with van der Waals surface area (Å²) in [7, 11) is 0. The Morgan fingerprint density at radius 3 is 2.69 bits per heavy atom. The summed E-state index contributed by atoms with van der Waals surface area (Å²) in [5.74, 6) is 1.52. The zero-order chi connectivity index (χ0) is 20.6. The first kappa shape index (κ1) is 21.2. The monoisotopic (exact) mass is 436 g/mol. The molecule has 0 aliphatic carbocycles. The van der Waals surface area contributed by atoms with Crippen LogP contribution >= 0.6 is 23.1 Å². The van der Waals surface area contributed by atoms with Crippen molar-refractivity contribution in [1.82, 2.24) is 25.0 Å². The first-order chi connectivity index (χ1) is 14.1. The number of carbonyl (C=O) groups excluding carboxylic acids is 1. The number of nitrogens with one attached hydrogen (secondary N) is 1. The third kappa shape index (κ3) is 5.51. The Bertz CT molecular complexity index is 944. The van der Waals surface area contributed by atoms with Gasteiger partial charge in [0, 0.05) is 18.5 Å². The van der Waals surface area contributed by atoms with Crippen LogP contribution in [-0.4, -0.2) is 49.9 Å². The number of ether oxygens (including phenoxy) is 1. The van der Waals surface area contributed by atoms with Gasteiger partial charge in [0.2, 0.25) is 11.0 Å². The molecule has 3 rings (SSSR count). The lowest BCUT2D eigenvalue weighted by atomic mass is 10.2. The third-order valence-corrected chi connectivity index (χ3v) is 5.73. The van der Waals surface area contributed by atoms with Gasteiger partial charge in [0.05, 0.1) is 5.75 Å². The zero-order valence-electron chi connectivity index (χ0n) is 16.1. The fourth-order valence-corrected chi connectivity index (χ4v) is 4.12. The van der Waals surface area contributed by atoms with E-state index >= 15 is 0 Å². The fourth-order valence-electron chi connectivity index (χ4n) is 2.53. The summed E-state index contributed by atoms with van der Waals surface area (Å²) in [6.07, 6.45) is 0.796. The molecule has 0 saturated carbocycles. The normalized spacial score (nSPS) is 10.9. The second-order valence-electron chi connectivity index (χ2n) is 5.81. The van der Waals surface area contributed by atoms with Gasteiger partial charge in [-0.1, -0.05) is 30.0 Å². The van der Waals surface area contributed by atoms with Crippen LogP contribution in [0.15, 0.2) is 29.4 Å². The number of thioether (sulfide) groups is 1. The van der Waals surface area contributed by atoms with E-state index in [-0.39, 0.29) is 18.3 Å². The number of hydrogen-bond donors (Lipinski definition) is 1. The molecule has 0 aliphatic heterocycles. The van der Waals surface area contributed by atoms with Crippen LogP contribution in [-0.2, 0) is 17.8 Å². The molecule has 0 saturated heterocycles. The lowest BCUT2D eigenvalue weighted by molar-refractivity contribution is -0.113. The number of halogens is 1. The van der Waals surface area contributed by atoms with Crippen molar-refractivity contribution in [2.45, 2.75) is 32.0 Å². The molecule has 3 aromatic rings. The number of carbonyl (C=O) groups is 1. The van der Waals surface area contributed by atoms with Gasteiger partial charge >= 0.3 is 0 Å². The second kappa shape index (κ2) is 10.3. The summed E-state index contributed by atoms with van der Waals surface area (Å²) in [6.45, 7) is 4.30. The molecule has 0 unspecified atom stereocenters. The first-order valence-corrected chi connectivity index (χ1v) is 10.9. The van der Waals surface area contributed by atoms with Gasteiger partial charge in [-0.25, -0.2) is 4.39 Å². The number of aryl methyl sites for hydroxylation is 1. The highest BCUT2D eigenvalue weighted by Crippen LogP contribution is 2.28. The molecule has 1 amide bonds. The van der Waals surface area contributed by atoms with Crippen molar-refractivity contribution in [1.29, 1.82) is 0 Å². The average molecular weight is 437 g/mol. The number of hydrogen-bond acceptors (Lipinski definition) is 8. The topological polar surface area (TPSA) is 94.8 Å². The number of rotatable bonds is 10. The molecule has 154 valence electrons. The van der Waals surface area contributed by atoms with Gasteiger partial charge in [0.1, 0.15) is 29.9 Å². The first-order valence-electron chi connectivity index (χ1n) is 9.12. The van der Waals surface area contributed by atoms with Gasteiger partial charge in [-0.2, -0.15) is 0 Å². The molecule has 0 fully saturated rings. The molecule has 0 radical (unpaired) electrons. The smallest absolute Gasteiger partial charge is 0.236 e. The molecular weight excluding hydrogens is 415 g/mol. The maximum atomic E-state index is 12.3. The zero-order valence-corrected chi connectivity index (χ0v) is 17.7. The van der Waals surface area contributed by atoms with Crippen LogP contribution in [0.1, 0.15) is 19.7 Å². The van der Waals surface area contributed by atoms with Crippen molar-refractivity contribution >= 4 is 34.1 Å². The predicted molar refractivity (Wildman–Crippen MR) is 111 cm³/mol. The van der Waals surface area contributed by atoms with Gasteiger partial charge in [-0.05, 0) is 31.2 Å². The van der Waals surface area contributed by atoms with E-state index in [1.807, 2.05) is 30.5 Å². The third-order valence-electron chi connectivity index (χ3n) is 3.88. The molecule has 2 aromatic heterocycles. The van der Waals surface area contributed by atoms with E-state index in [1.54, 1.807) is 12.1 Å². The Morgan fingerprint density at radius 1 is 1.21 bits per heavy atom. The quantitative estimate of drug-likeness (QED) is 0.486. The van der Waals surface area contributed by atoms with Crippen molar-refractivity contribution in [3.8, 4) is 16.3 Å². The van der Waals surface area contributed by atoms with Crippen molar-refractivity contribution in [2.75, 3.05) is 24.4 Å². The molecule has 1 aromatic carbocycles. The number of anilines is 1.